The molecule has 2 aromatic rings. The lowest BCUT2D eigenvalue weighted by atomic mass is 10.2. The zero-order chi connectivity index (χ0) is 13.7. The van der Waals surface area contributed by atoms with Crippen molar-refractivity contribution in [1.82, 2.24) is 0 Å². The summed E-state index contributed by atoms with van der Waals surface area (Å²) < 4.78 is 0. The second-order valence-corrected chi connectivity index (χ2v) is 5.21. The van der Waals surface area contributed by atoms with Crippen LogP contribution in [-0.2, 0) is 4.79 Å². The van der Waals surface area contributed by atoms with Gasteiger partial charge in [-0.1, -0.05) is 30.0 Å². The molecular formula is C15H14N2OS. The average Bonchev–Trinajstić information content (AvgIpc) is 2.86. The third kappa shape index (κ3) is 3.95. The second kappa shape index (κ2) is 6.19. The summed E-state index contributed by atoms with van der Waals surface area (Å²) in [6.07, 6.45) is 0.159. The number of hydrogen-bond donors (Lipinski definition) is 2. The fourth-order valence-electron chi connectivity index (χ4n) is 1.59. The molecule has 1 aromatic heterocycles. The maximum Gasteiger partial charge on any atom is 0.219 e. The maximum absolute atomic E-state index is 10.8. The summed E-state index contributed by atoms with van der Waals surface area (Å²) in [5, 5.41) is 0. The highest BCUT2D eigenvalue weighted by molar-refractivity contribution is 7.12. The molecule has 96 valence electrons. The van der Waals surface area contributed by atoms with Crippen LogP contribution in [0.3, 0.4) is 0 Å². The van der Waals surface area contributed by atoms with Gasteiger partial charge >= 0.3 is 0 Å². The number of benzene rings is 1. The van der Waals surface area contributed by atoms with Crippen molar-refractivity contribution < 1.29 is 4.79 Å². The molecule has 1 heterocycles. The van der Waals surface area contributed by atoms with Crippen LogP contribution >= 0.6 is 11.3 Å². The molecule has 2 rings (SSSR count). The molecule has 0 saturated heterocycles. The molecule has 1 amide bonds. The average molecular weight is 270 g/mol. The van der Waals surface area contributed by atoms with E-state index < -0.39 is 5.91 Å². The van der Waals surface area contributed by atoms with E-state index in [9.17, 15) is 4.79 Å². The van der Waals surface area contributed by atoms with Gasteiger partial charge in [0.15, 0.2) is 0 Å². The minimum absolute atomic E-state index is 0.159. The SMILES string of the molecule is NC(=O)CC(N)c1ccc(C#Cc2ccccc2)s1. The molecule has 19 heavy (non-hydrogen) atoms. The van der Waals surface area contributed by atoms with Gasteiger partial charge in [0.25, 0.3) is 0 Å². The molecular weight excluding hydrogens is 256 g/mol. The summed E-state index contributed by atoms with van der Waals surface area (Å²) >= 11 is 1.50. The van der Waals surface area contributed by atoms with Gasteiger partial charge in [-0.15, -0.1) is 11.3 Å². The Balaban J connectivity index is 2.10. The zero-order valence-corrected chi connectivity index (χ0v) is 11.1. The molecule has 0 aliphatic carbocycles. The smallest absolute Gasteiger partial charge is 0.219 e. The lowest BCUT2D eigenvalue weighted by Crippen LogP contribution is -2.19. The number of carbonyl (C=O) groups excluding carboxylic acids is 1. The Kier molecular flexibility index (Phi) is 4.35. The van der Waals surface area contributed by atoms with Gasteiger partial charge in [-0.3, -0.25) is 4.79 Å². The lowest BCUT2D eigenvalue weighted by molar-refractivity contribution is -0.118. The van der Waals surface area contributed by atoms with E-state index >= 15 is 0 Å². The largest absolute Gasteiger partial charge is 0.370 e. The Bertz CT molecular complexity index is 622. The molecule has 1 unspecified atom stereocenters. The van der Waals surface area contributed by atoms with Crippen molar-refractivity contribution >= 4 is 17.2 Å². The third-order valence-electron chi connectivity index (χ3n) is 2.52. The molecule has 3 nitrogen and oxygen atoms in total. The molecule has 1 aromatic carbocycles. The third-order valence-corrected chi connectivity index (χ3v) is 3.65. The van der Waals surface area contributed by atoms with Crippen molar-refractivity contribution in [2.75, 3.05) is 0 Å². The van der Waals surface area contributed by atoms with Crippen molar-refractivity contribution in [1.29, 1.82) is 0 Å². The first-order chi connectivity index (χ1) is 9.15. The molecule has 1 atom stereocenters. The van der Waals surface area contributed by atoms with Crippen molar-refractivity contribution in [2.45, 2.75) is 12.5 Å². The normalized spacial score (nSPS) is 11.4. The molecule has 4 N–H and O–H groups in total. The first-order valence-corrected chi connectivity index (χ1v) is 6.67. The number of rotatable bonds is 3. The molecule has 0 bridgehead atoms. The van der Waals surface area contributed by atoms with Gasteiger partial charge < -0.3 is 11.5 Å². The van der Waals surface area contributed by atoms with Crippen LogP contribution in [0.5, 0.6) is 0 Å². The lowest BCUT2D eigenvalue weighted by Gasteiger charge is -2.04. The van der Waals surface area contributed by atoms with Crippen LogP contribution in [0.2, 0.25) is 0 Å². The quantitative estimate of drug-likeness (QED) is 0.838. The second-order valence-electron chi connectivity index (χ2n) is 4.09. The predicted octanol–water partition coefficient (Wildman–Crippen LogP) is 2.02. The van der Waals surface area contributed by atoms with E-state index in [-0.39, 0.29) is 12.5 Å². The van der Waals surface area contributed by atoms with Crippen molar-refractivity contribution in [3.8, 4) is 11.8 Å². The highest BCUT2D eigenvalue weighted by Gasteiger charge is 2.11. The molecule has 0 aliphatic heterocycles. The van der Waals surface area contributed by atoms with E-state index in [1.54, 1.807) is 0 Å². The van der Waals surface area contributed by atoms with E-state index in [0.29, 0.717) is 0 Å². The molecule has 0 spiro atoms. The van der Waals surface area contributed by atoms with Gasteiger partial charge in [0.1, 0.15) is 0 Å². The van der Waals surface area contributed by atoms with Gasteiger partial charge in [0, 0.05) is 22.9 Å². The van der Waals surface area contributed by atoms with Crippen LogP contribution in [0.15, 0.2) is 42.5 Å². The summed E-state index contributed by atoms with van der Waals surface area (Å²) in [4.78, 5) is 12.7. The summed E-state index contributed by atoms with van der Waals surface area (Å²) in [6.45, 7) is 0. The first kappa shape index (κ1) is 13.3. The molecule has 4 heteroatoms. The van der Waals surface area contributed by atoms with E-state index in [2.05, 4.69) is 11.8 Å². The van der Waals surface area contributed by atoms with Crippen molar-refractivity contribution in [3.63, 3.8) is 0 Å². The Morgan fingerprint density at radius 1 is 1.16 bits per heavy atom. The van der Waals surface area contributed by atoms with Gasteiger partial charge in [0.2, 0.25) is 5.91 Å². The fourth-order valence-corrected chi connectivity index (χ4v) is 2.45. The molecule has 0 aliphatic rings. The van der Waals surface area contributed by atoms with E-state index in [1.165, 1.54) is 11.3 Å². The Labute approximate surface area is 116 Å². The van der Waals surface area contributed by atoms with Gasteiger partial charge in [-0.25, -0.2) is 0 Å². The van der Waals surface area contributed by atoms with E-state index in [1.807, 2.05) is 42.5 Å². The minimum Gasteiger partial charge on any atom is -0.370 e. The summed E-state index contributed by atoms with van der Waals surface area (Å²) in [5.74, 6) is 5.78. The molecule has 0 fully saturated rings. The summed E-state index contributed by atoms with van der Waals surface area (Å²) in [6, 6.07) is 13.2. The van der Waals surface area contributed by atoms with Crippen LogP contribution < -0.4 is 11.5 Å². The Morgan fingerprint density at radius 3 is 2.58 bits per heavy atom. The number of thiophene rings is 1. The Morgan fingerprint density at radius 2 is 1.89 bits per heavy atom. The van der Waals surface area contributed by atoms with Gasteiger partial charge in [-0.05, 0) is 24.3 Å². The molecule has 0 saturated carbocycles. The van der Waals surface area contributed by atoms with Crippen LogP contribution in [-0.4, -0.2) is 5.91 Å². The predicted molar refractivity (Wildman–Crippen MR) is 77.5 cm³/mol. The minimum atomic E-state index is -0.391. The highest BCUT2D eigenvalue weighted by Crippen LogP contribution is 2.23. The van der Waals surface area contributed by atoms with E-state index in [4.69, 9.17) is 11.5 Å². The maximum atomic E-state index is 10.8. The number of nitrogens with two attached hydrogens (primary N) is 2. The zero-order valence-electron chi connectivity index (χ0n) is 10.3. The first-order valence-electron chi connectivity index (χ1n) is 5.86. The van der Waals surface area contributed by atoms with E-state index in [0.717, 1.165) is 15.3 Å². The van der Waals surface area contributed by atoms with Crippen molar-refractivity contribution in [2.24, 2.45) is 11.5 Å². The van der Waals surface area contributed by atoms with Crippen LogP contribution in [0.25, 0.3) is 0 Å². The standard InChI is InChI=1S/C15H14N2OS/c16-13(10-15(17)18)14-9-8-12(19-14)7-6-11-4-2-1-3-5-11/h1-5,8-9,13H,10,16H2,(H2,17,18). The topological polar surface area (TPSA) is 69.1 Å². The summed E-state index contributed by atoms with van der Waals surface area (Å²) in [7, 11) is 0. The van der Waals surface area contributed by atoms with Gasteiger partial charge in [0.05, 0.1) is 4.88 Å². The monoisotopic (exact) mass is 270 g/mol. The van der Waals surface area contributed by atoms with Gasteiger partial charge in [-0.2, -0.15) is 0 Å². The molecule has 0 radical (unpaired) electrons. The van der Waals surface area contributed by atoms with Crippen molar-refractivity contribution in [3.05, 3.63) is 57.8 Å². The number of amides is 1. The van der Waals surface area contributed by atoms with Crippen LogP contribution in [0.1, 0.15) is 27.8 Å². The fraction of sp³-hybridized carbons (Fsp3) is 0.133. The summed E-state index contributed by atoms with van der Waals surface area (Å²) in [5.41, 5.74) is 12.0. The number of primary amides is 1. The number of hydrogen-bond acceptors (Lipinski definition) is 3. The highest BCUT2D eigenvalue weighted by atomic mass is 32.1. The Hall–Kier alpha value is -2.09. The van der Waals surface area contributed by atoms with Crippen LogP contribution in [0, 0.1) is 11.8 Å². The van der Waals surface area contributed by atoms with Crippen LogP contribution in [0.4, 0.5) is 0 Å². The number of carbonyl (C=O) groups is 1.